The maximum atomic E-state index is 13.2. The van der Waals surface area contributed by atoms with Crippen molar-refractivity contribution in [2.75, 3.05) is 5.75 Å². The Morgan fingerprint density at radius 1 is 1.13 bits per heavy atom. The molecule has 1 saturated carbocycles. The molecule has 1 aliphatic carbocycles. The molecule has 4 nitrogen and oxygen atoms in total. The molecule has 0 spiro atoms. The lowest BCUT2D eigenvalue weighted by atomic mass is 10.1. The van der Waals surface area contributed by atoms with Gasteiger partial charge in [0.15, 0.2) is 0 Å². The number of hydrogen-bond donors (Lipinski definition) is 1. The summed E-state index contributed by atoms with van der Waals surface area (Å²) in [5.74, 6) is 0.103. The van der Waals surface area contributed by atoms with Crippen LogP contribution in [-0.2, 0) is 16.1 Å². The highest BCUT2D eigenvalue weighted by molar-refractivity contribution is 8.00. The van der Waals surface area contributed by atoms with Crippen molar-refractivity contribution in [2.24, 2.45) is 0 Å². The fraction of sp³-hybridized carbons (Fsp3) is 0.417. The SMILES string of the molecule is Cc1ccc(SCC(=O)N(Cc2ccccc2Cl)C(C)C(=O)NC2CCCC2)cc1. The van der Waals surface area contributed by atoms with Gasteiger partial charge in [0.2, 0.25) is 11.8 Å². The molecule has 0 aromatic heterocycles. The third-order valence-electron chi connectivity index (χ3n) is 5.55. The summed E-state index contributed by atoms with van der Waals surface area (Å²) in [7, 11) is 0. The molecule has 2 amide bonds. The molecule has 0 heterocycles. The van der Waals surface area contributed by atoms with Crippen molar-refractivity contribution >= 4 is 35.2 Å². The summed E-state index contributed by atoms with van der Waals surface area (Å²) in [6.45, 7) is 4.15. The molecule has 0 aliphatic heterocycles. The third-order valence-corrected chi connectivity index (χ3v) is 6.92. The first-order valence-corrected chi connectivity index (χ1v) is 11.8. The molecule has 6 heteroatoms. The molecule has 0 saturated heterocycles. The average molecular weight is 445 g/mol. The second-order valence-electron chi connectivity index (χ2n) is 7.88. The van der Waals surface area contributed by atoms with E-state index in [1.807, 2.05) is 55.5 Å². The van der Waals surface area contributed by atoms with Crippen molar-refractivity contribution < 1.29 is 9.59 Å². The van der Waals surface area contributed by atoms with Crippen LogP contribution in [0, 0.1) is 6.92 Å². The van der Waals surface area contributed by atoms with Crippen LogP contribution in [0.15, 0.2) is 53.4 Å². The van der Waals surface area contributed by atoms with Gasteiger partial charge in [0.05, 0.1) is 5.75 Å². The zero-order chi connectivity index (χ0) is 21.5. The number of benzene rings is 2. The van der Waals surface area contributed by atoms with E-state index in [-0.39, 0.29) is 23.6 Å². The number of thioether (sulfide) groups is 1. The number of nitrogens with one attached hydrogen (secondary N) is 1. The number of amides is 2. The van der Waals surface area contributed by atoms with Crippen LogP contribution < -0.4 is 5.32 Å². The second-order valence-corrected chi connectivity index (χ2v) is 9.34. The van der Waals surface area contributed by atoms with Crippen LogP contribution in [0.4, 0.5) is 0 Å². The van der Waals surface area contributed by atoms with Crippen LogP contribution in [-0.4, -0.2) is 34.6 Å². The van der Waals surface area contributed by atoms with Crippen molar-refractivity contribution in [1.82, 2.24) is 10.2 Å². The summed E-state index contributed by atoms with van der Waals surface area (Å²) in [5, 5.41) is 3.72. The van der Waals surface area contributed by atoms with Gasteiger partial charge in [0.1, 0.15) is 6.04 Å². The summed E-state index contributed by atoms with van der Waals surface area (Å²) in [4.78, 5) is 28.7. The molecular formula is C24H29ClN2O2S. The van der Waals surface area contributed by atoms with Crippen molar-refractivity contribution in [3.63, 3.8) is 0 Å². The van der Waals surface area contributed by atoms with Crippen LogP contribution >= 0.6 is 23.4 Å². The third kappa shape index (κ3) is 6.26. The minimum absolute atomic E-state index is 0.0745. The molecule has 30 heavy (non-hydrogen) atoms. The summed E-state index contributed by atoms with van der Waals surface area (Å²) < 4.78 is 0. The highest BCUT2D eigenvalue weighted by Gasteiger charge is 2.28. The second kappa shape index (κ2) is 10.9. The van der Waals surface area contributed by atoms with Crippen LogP contribution in [0.25, 0.3) is 0 Å². The Hall–Kier alpha value is -1.98. The van der Waals surface area contributed by atoms with Crippen molar-refractivity contribution in [2.45, 2.75) is 63.1 Å². The Labute approximate surface area is 188 Å². The zero-order valence-electron chi connectivity index (χ0n) is 17.6. The van der Waals surface area contributed by atoms with E-state index in [4.69, 9.17) is 11.6 Å². The first-order valence-electron chi connectivity index (χ1n) is 10.5. The Kier molecular flexibility index (Phi) is 8.23. The van der Waals surface area contributed by atoms with Crippen molar-refractivity contribution in [3.05, 3.63) is 64.7 Å². The predicted molar refractivity (Wildman–Crippen MR) is 124 cm³/mol. The van der Waals surface area contributed by atoms with E-state index >= 15 is 0 Å². The molecule has 0 bridgehead atoms. The number of halogens is 1. The van der Waals surface area contributed by atoms with Crippen LogP contribution in [0.2, 0.25) is 5.02 Å². The van der Waals surface area contributed by atoms with Gasteiger partial charge in [0, 0.05) is 22.5 Å². The van der Waals surface area contributed by atoms with Crippen LogP contribution in [0.5, 0.6) is 0 Å². The van der Waals surface area contributed by atoms with E-state index < -0.39 is 6.04 Å². The molecule has 1 N–H and O–H groups in total. The zero-order valence-corrected chi connectivity index (χ0v) is 19.1. The number of carbonyl (C=O) groups is 2. The molecule has 2 aromatic rings. The van der Waals surface area contributed by atoms with Crippen LogP contribution in [0.3, 0.4) is 0 Å². The van der Waals surface area contributed by atoms with Gasteiger partial charge in [-0.3, -0.25) is 9.59 Å². The lowest BCUT2D eigenvalue weighted by Gasteiger charge is -2.30. The number of nitrogens with zero attached hydrogens (tertiary/aromatic N) is 1. The first kappa shape index (κ1) is 22.7. The molecular weight excluding hydrogens is 416 g/mol. The minimum Gasteiger partial charge on any atom is -0.352 e. The fourth-order valence-electron chi connectivity index (χ4n) is 3.65. The number of hydrogen-bond acceptors (Lipinski definition) is 3. The monoisotopic (exact) mass is 444 g/mol. The quantitative estimate of drug-likeness (QED) is 0.568. The molecule has 3 rings (SSSR count). The van der Waals surface area contributed by atoms with Gasteiger partial charge in [-0.1, -0.05) is 60.3 Å². The lowest BCUT2D eigenvalue weighted by Crippen LogP contribution is -2.50. The van der Waals surface area contributed by atoms with Gasteiger partial charge < -0.3 is 10.2 Å². The molecule has 1 atom stereocenters. The van der Waals surface area contributed by atoms with E-state index in [1.165, 1.54) is 17.3 Å². The van der Waals surface area contributed by atoms with E-state index in [1.54, 1.807) is 11.8 Å². The van der Waals surface area contributed by atoms with Gasteiger partial charge in [-0.2, -0.15) is 0 Å². The minimum atomic E-state index is -0.562. The van der Waals surface area contributed by atoms with E-state index in [0.717, 1.165) is 36.1 Å². The maximum absolute atomic E-state index is 13.2. The average Bonchev–Trinajstić information content (AvgIpc) is 3.25. The number of rotatable bonds is 8. The van der Waals surface area contributed by atoms with E-state index in [0.29, 0.717) is 11.6 Å². The molecule has 2 aromatic carbocycles. The molecule has 160 valence electrons. The van der Waals surface area contributed by atoms with Gasteiger partial charge in [0.25, 0.3) is 0 Å². The largest absolute Gasteiger partial charge is 0.352 e. The first-order chi connectivity index (χ1) is 14.4. The van der Waals surface area contributed by atoms with Gasteiger partial charge in [-0.15, -0.1) is 11.8 Å². The van der Waals surface area contributed by atoms with Crippen molar-refractivity contribution in [3.8, 4) is 0 Å². The standard InChI is InChI=1S/C24H29ClN2O2S/c1-17-11-13-21(14-12-17)30-16-23(28)27(15-19-7-3-6-10-22(19)25)18(2)24(29)26-20-8-4-5-9-20/h3,6-7,10-14,18,20H,4-5,8-9,15-16H2,1-2H3,(H,26,29). The molecule has 0 radical (unpaired) electrons. The Morgan fingerprint density at radius 3 is 2.47 bits per heavy atom. The van der Waals surface area contributed by atoms with E-state index in [2.05, 4.69) is 5.32 Å². The summed E-state index contributed by atoms with van der Waals surface area (Å²) in [6, 6.07) is 15.2. The van der Waals surface area contributed by atoms with Gasteiger partial charge >= 0.3 is 0 Å². The normalized spacial score (nSPS) is 15.0. The number of aryl methyl sites for hydroxylation is 1. The van der Waals surface area contributed by atoms with Crippen molar-refractivity contribution in [1.29, 1.82) is 0 Å². The van der Waals surface area contributed by atoms with Crippen LogP contribution in [0.1, 0.15) is 43.7 Å². The lowest BCUT2D eigenvalue weighted by molar-refractivity contribution is -0.138. The Morgan fingerprint density at radius 2 is 1.80 bits per heavy atom. The summed E-state index contributed by atoms with van der Waals surface area (Å²) in [6.07, 6.45) is 4.32. The smallest absolute Gasteiger partial charge is 0.242 e. The maximum Gasteiger partial charge on any atom is 0.242 e. The highest BCUT2D eigenvalue weighted by atomic mass is 35.5. The topological polar surface area (TPSA) is 49.4 Å². The van der Waals surface area contributed by atoms with E-state index in [9.17, 15) is 9.59 Å². The van der Waals surface area contributed by atoms with Gasteiger partial charge in [-0.05, 0) is 50.5 Å². The van der Waals surface area contributed by atoms with Gasteiger partial charge in [-0.25, -0.2) is 0 Å². The highest BCUT2D eigenvalue weighted by Crippen LogP contribution is 2.23. The Balaban J connectivity index is 1.71. The molecule has 1 unspecified atom stereocenters. The fourth-order valence-corrected chi connectivity index (χ4v) is 4.63. The number of carbonyl (C=O) groups excluding carboxylic acids is 2. The summed E-state index contributed by atoms with van der Waals surface area (Å²) >= 11 is 7.83. The summed E-state index contributed by atoms with van der Waals surface area (Å²) in [5.41, 5.74) is 2.02. The predicted octanol–water partition coefficient (Wildman–Crippen LogP) is 5.22. The molecule has 1 aliphatic rings. The molecule has 1 fully saturated rings. The Bertz CT molecular complexity index is 866.